The molecule has 2 nitrogen and oxygen atoms in total. The molecule has 0 rings (SSSR count). The van der Waals surface area contributed by atoms with Crippen LogP contribution in [0.5, 0.6) is 0 Å². The van der Waals surface area contributed by atoms with Crippen molar-refractivity contribution in [2.24, 2.45) is 0 Å². The molecule has 0 aromatic heterocycles. The van der Waals surface area contributed by atoms with E-state index in [-0.39, 0.29) is 0 Å². The van der Waals surface area contributed by atoms with Crippen molar-refractivity contribution >= 4 is 0 Å². The van der Waals surface area contributed by atoms with Crippen molar-refractivity contribution in [2.45, 2.75) is 0 Å². The van der Waals surface area contributed by atoms with E-state index in [1.165, 1.54) is 6.08 Å². The topological polar surface area (TPSA) is 27.0 Å². The summed E-state index contributed by atoms with van der Waals surface area (Å²) in [6.45, 7) is 0. The van der Waals surface area contributed by atoms with Crippen molar-refractivity contribution in [3.05, 3.63) is 36.6 Å². The van der Waals surface area contributed by atoms with Gasteiger partial charge in [-0.05, 0) is 12.3 Å². The Labute approximate surface area is 67.7 Å². The summed E-state index contributed by atoms with van der Waals surface area (Å²) in [6.07, 6.45) is 10.6. The first-order valence-corrected chi connectivity index (χ1v) is 3.33. The van der Waals surface area contributed by atoms with Gasteiger partial charge < -0.3 is 4.90 Å². The van der Waals surface area contributed by atoms with Crippen LogP contribution in [0.2, 0.25) is 0 Å². The fraction of sp³-hybridized carbons (Fsp3) is 0.222. The van der Waals surface area contributed by atoms with Crippen LogP contribution in [0.25, 0.3) is 0 Å². The summed E-state index contributed by atoms with van der Waals surface area (Å²) >= 11 is 0. The molecule has 11 heavy (non-hydrogen) atoms. The largest absolute Gasteiger partial charge is 0.383 e. The monoisotopic (exact) mass is 148 g/mol. The lowest BCUT2D eigenvalue weighted by molar-refractivity contribution is 0.564. The molecule has 0 bridgehead atoms. The zero-order chi connectivity index (χ0) is 8.53. The quantitative estimate of drug-likeness (QED) is 0.450. The third-order valence-corrected chi connectivity index (χ3v) is 0.888. The van der Waals surface area contributed by atoms with Gasteiger partial charge in [-0.3, -0.25) is 0 Å². The summed E-state index contributed by atoms with van der Waals surface area (Å²) in [5.74, 6) is 0. The first kappa shape index (κ1) is 9.51. The molecule has 0 aromatic carbocycles. The molecular formula is C9H12N2. The van der Waals surface area contributed by atoms with Crippen LogP contribution < -0.4 is 0 Å². The number of rotatable bonds is 3. The Morgan fingerprint density at radius 3 is 2.27 bits per heavy atom. The van der Waals surface area contributed by atoms with Crippen LogP contribution >= 0.6 is 0 Å². The number of hydrogen-bond acceptors (Lipinski definition) is 2. The normalized spacial score (nSPS) is 11.4. The fourth-order valence-corrected chi connectivity index (χ4v) is 0.449. The molecule has 0 aromatic rings. The summed E-state index contributed by atoms with van der Waals surface area (Å²) in [5, 5.41) is 8.11. The van der Waals surface area contributed by atoms with Gasteiger partial charge in [0.15, 0.2) is 0 Å². The van der Waals surface area contributed by atoms with Crippen molar-refractivity contribution in [3.63, 3.8) is 0 Å². The summed E-state index contributed by atoms with van der Waals surface area (Å²) < 4.78 is 0. The Kier molecular flexibility index (Phi) is 5.73. The lowest BCUT2D eigenvalue weighted by atomic mass is 10.4. The highest BCUT2D eigenvalue weighted by Gasteiger charge is 1.69. The average molecular weight is 148 g/mol. The van der Waals surface area contributed by atoms with E-state index in [0.29, 0.717) is 0 Å². The van der Waals surface area contributed by atoms with Crippen molar-refractivity contribution in [1.82, 2.24) is 4.90 Å². The summed E-state index contributed by atoms with van der Waals surface area (Å²) in [5.41, 5.74) is 0. The molecule has 0 unspecified atom stereocenters. The molecule has 58 valence electrons. The van der Waals surface area contributed by atoms with Gasteiger partial charge in [-0.25, -0.2) is 0 Å². The van der Waals surface area contributed by atoms with Gasteiger partial charge >= 0.3 is 0 Å². The van der Waals surface area contributed by atoms with Crippen molar-refractivity contribution < 1.29 is 0 Å². The number of nitrogens with zero attached hydrogens (tertiary/aromatic N) is 2. The summed E-state index contributed by atoms with van der Waals surface area (Å²) in [7, 11) is 3.91. The van der Waals surface area contributed by atoms with E-state index in [0.717, 1.165) is 0 Å². The van der Waals surface area contributed by atoms with Crippen LogP contribution in [0, 0.1) is 11.3 Å². The van der Waals surface area contributed by atoms with Gasteiger partial charge in [0.25, 0.3) is 0 Å². The van der Waals surface area contributed by atoms with Gasteiger partial charge in [-0.2, -0.15) is 5.26 Å². The predicted octanol–water partition coefficient (Wildman–Crippen LogP) is 1.70. The Balaban J connectivity index is 3.62. The maximum atomic E-state index is 8.11. The third kappa shape index (κ3) is 8.51. The van der Waals surface area contributed by atoms with Crippen molar-refractivity contribution in [2.75, 3.05) is 14.1 Å². The maximum Gasteiger partial charge on any atom is 0.0912 e. The lowest BCUT2D eigenvalue weighted by Crippen LogP contribution is -1.99. The van der Waals surface area contributed by atoms with Gasteiger partial charge in [-0.15, -0.1) is 0 Å². The first-order valence-electron chi connectivity index (χ1n) is 3.33. The van der Waals surface area contributed by atoms with Gasteiger partial charge in [0.1, 0.15) is 0 Å². The summed E-state index contributed by atoms with van der Waals surface area (Å²) in [4.78, 5) is 1.94. The molecule has 0 amide bonds. The van der Waals surface area contributed by atoms with E-state index in [4.69, 9.17) is 5.26 Å². The highest BCUT2D eigenvalue weighted by Crippen LogP contribution is 1.81. The molecule has 0 atom stereocenters. The standard InChI is InChI=1S/C9H12N2/c1-11(2)9-7-5-3-4-6-8-10/h3-7,9H,1-2H3/b5-3-,6-4-,9-7-. The highest BCUT2D eigenvalue weighted by atomic mass is 15.0. The zero-order valence-electron chi connectivity index (χ0n) is 6.86. The minimum absolute atomic E-state index is 1.43. The molecule has 2 heteroatoms. The number of hydrogen-bond donors (Lipinski definition) is 0. The van der Waals surface area contributed by atoms with E-state index < -0.39 is 0 Å². The molecule has 0 heterocycles. The Bertz CT molecular complexity index is 204. The van der Waals surface area contributed by atoms with Crippen LogP contribution in [-0.2, 0) is 0 Å². The fourth-order valence-electron chi connectivity index (χ4n) is 0.449. The molecule has 0 aliphatic carbocycles. The SMILES string of the molecule is CN(C)\C=C/C=C\C=C/C#N. The Morgan fingerprint density at radius 2 is 1.73 bits per heavy atom. The molecule has 0 saturated heterocycles. The maximum absolute atomic E-state index is 8.11. The van der Waals surface area contributed by atoms with Gasteiger partial charge in [0, 0.05) is 20.2 Å². The third-order valence-electron chi connectivity index (χ3n) is 0.888. The minimum Gasteiger partial charge on any atom is -0.383 e. The van der Waals surface area contributed by atoms with E-state index in [9.17, 15) is 0 Å². The van der Waals surface area contributed by atoms with E-state index in [1.54, 1.807) is 6.08 Å². The minimum atomic E-state index is 1.43. The molecule has 0 N–H and O–H groups in total. The molecular weight excluding hydrogens is 136 g/mol. The molecule has 0 aliphatic heterocycles. The smallest absolute Gasteiger partial charge is 0.0912 e. The van der Waals surface area contributed by atoms with Crippen molar-refractivity contribution in [3.8, 4) is 6.07 Å². The van der Waals surface area contributed by atoms with Crippen LogP contribution in [0.15, 0.2) is 36.6 Å². The second-order valence-corrected chi connectivity index (χ2v) is 2.18. The Hall–Kier alpha value is -1.49. The molecule has 0 fully saturated rings. The van der Waals surface area contributed by atoms with Crippen LogP contribution in [-0.4, -0.2) is 19.0 Å². The van der Waals surface area contributed by atoms with E-state index in [2.05, 4.69) is 0 Å². The summed E-state index contributed by atoms with van der Waals surface area (Å²) in [6, 6.07) is 1.90. The number of allylic oxidation sites excluding steroid dienone is 5. The zero-order valence-corrected chi connectivity index (χ0v) is 6.86. The highest BCUT2D eigenvalue weighted by molar-refractivity contribution is 5.15. The number of nitriles is 1. The molecule has 0 aliphatic rings. The lowest BCUT2D eigenvalue weighted by Gasteiger charge is -2.00. The molecule has 0 radical (unpaired) electrons. The van der Waals surface area contributed by atoms with Crippen molar-refractivity contribution in [1.29, 1.82) is 5.26 Å². The van der Waals surface area contributed by atoms with Crippen LogP contribution in [0.4, 0.5) is 0 Å². The second kappa shape index (κ2) is 6.63. The van der Waals surface area contributed by atoms with Crippen LogP contribution in [0.3, 0.4) is 0 Å². The molecule has 0 saturated carbocycles. The van der Waals surface area contributed by atoms with Gasteiger partial charge in [0.05, 0.1) is 6.07 Å². The predicted molar refractivity (Wildman–Crippen MR) is 46.7 cm³/mol. The van der Waals surface area contributed by atoms with E-state index >= 15 is 0 Å². The van der Waals surface area contributed by atoms with Gasteiger partial charge in [0.2, 0.25) is 0 Å². The molecule has 0 spiro atoms. The van der Waals surface area contributed by atoms with Crippen LogP contribution in [0.1, 0.15) is 0 Å². The van der Waals surface area contributed by atoms with E-state index in [1.807, 2.05) is 49.5 Å². The average Bonchev–Trinajstić information content (AvgIpc) is 1.96. The second-order valence-electron chi connectivity index (χ2n) is 2.18. The van der Waals surface area contributed by atoms with Gasteiger partial charge in [-0.1, -0.05) is 18.2 Å². The first-order chi connectivity index (χ1) is 5.27. The Morgan fingerprint density at radius 1 is 1.09 bits per heavy atom.